The zero-order valence-corrected chi connectivity index (χ0v) is 11.0. The third kappa shape index (κ3) is 3.53. The van der Waals surface area contributed by atoms with Crippen molar-refractivity contribution in [3.05, 3.63) is 47.8 Å². The first-order chi connectivity index (χ1) is 9.06. The Kier molecular flexibility index (Phi) is 4.14. The van der Waals surface area contributed by atoms with Gasteiger partial charge in [-0.25, -0.2) is 13.8 Å². The Morgan fingerprint density at radius 3 is 2.79 bits per heavy atom. The van der Waals surface area contributed by atoms with Crippen LogP contribution in [0.15, 0.2) is 30.6 Å². The van der Waals surface area contributed by atoms with Crippen molar-refractivity contribution in [2.45, 2.75) is 26.9 Å². The molecular formula is C14H17F2N3. The van der Waals surface area contributed by atoms with E-state index in [1.807, 2.05) is 10.8 Å². The SMILES string of the molecule is CC(C)Cn1ccnc1NCc1ccc(F)cc1F. The van der Waals surface area contributed by atoms with Crippen molar-refractivity contribution >= 4 is 5.95 Å². The summed E-state index contributed by atoms with van der Waals surface area (Å²) in [6.45, 7) is 5.35. The Morgan fingerprint density at radius 2 is 2.11 bits per heavy atom. The summed E-state index contributed by atoms with van der Waals surface area (Å²) in [6, 6.07) is 3.58. The van der Waals surface area contributed by atoms with Crippen molar-refractivity contribution in [1.29, 1.82) is 0 Å². The third-order valence-electron chi connectivity index (χ3n) is 2.73. The van der Waals surface area contributed by atoms with Gasteiger partial charge in [0.2, 0.25) is 5.95 Å². The van der Waals surface area contributed by atoms with E-state index in [1.54, 1.807) is 6.20 Å². The number of benzene rings is 1. The maximum Gasteiger partial charge on any atom is 0.203 e. The molecule has 2 aromatic rings. The van der Waals surface area contributed by atoms with Gasteiger partial charge in [-0.2, -0.15) is 0 Å². The van der Waals surface area contributed by atoms with Crippen LogP contribution in [0.2, 0.25) is 0 Å². The number of anilines is 1. The largest absolute Gasteiger partial charge is 0.351 e. The Hall–Kier alpha value is -1.91. The molecule has 0 spiro atoms. The first-order valence-electron chi connectivity index (χ1n) is 6.25. The van der Waals surface area contributed by atoms with Crippen molar-refractivity contribution < 1.29 is 8.78 Å². The van der Waals surface area contributed by atoms with Gasteiger partial charge in [0.15, 0.2) is 0 Å². The molecule has 1 N–H and O–H groups in total. The molecule has 0 saturated carbocycles. The fourth-order valence-corrected chi connectivity index (χ4v) is 1.86. The van der Waals surface area contributed by atoms with E-state index in [0.717, 1.165) is 12.6 Å². The molecule has 0 aliphatic heterocycles. The lowest BCUT2D eigenvalue weighted by atomic mass is 10.2. The lowest BCUT2D eigenvalue weighted by molar-refractivity contribution is 0.525. The molecule has 19 heavy (non-hydrogen) atoms. The van der Waals surface area contributed by atoms with E-state index in [1.165, 1.54) is 12.1 Å². The summed E-state index contributed by atoms with van der Waals surface area (Å²) >= 11 is 0. The number of nitrogens with one attached hydrogen (secondary N) is 1. The van der Waals surface area contributed by atoms with Gasteiger partial charge in [-0.3, -0.25) is 0 Å². The number of halogens is 2. The van der Waals surface area contributed by atoms with E-state index in [2.05, 4.69) is 24.1 Å². The molecule has 1 aromatic heterocycles. The Balaban J connectivity index is 2.04. The molecule has 0 radical (unpaired) electrons. The summed E-state index contributed by atoms with van der Waals surface area (Å²) in [4.78, 5) is 4.19. The van der Waals surface area contributed by atoms with Crippen LogP contribution in [0.25, 0.3) is 0 Å². The van der Waals surface area contributed by atoms with Crippen LogP contribution >= 0.6 is 0 Å². The predicted octanol–water partition coefficient (Wildman–Crippen LogP) is 3.43. The molecule has 0 amide bonds. The maximum absolute atomic E-state index is 13.5. The number of imidazole rings is 1. The average Bonchev–Trinajstić information content (AvgIpc) is 2.74. The summed E-state index contributed by atoms with van der Waals surface area (Å²) in [5.41, 5.74) is 0.417. The normalized spacial score (nSPS) is 11.0. The molecule has 0 aliphatic rings. The number of aromatic nitrogens is 2. The highest BCUT2D eigenvalue weighted by Gasteiger charge is 2.07. The number of hydrogen-bond acceptors (Lipinski definition) is 2. The second-order valence-corrected chi connectivity index (χ2v) is 4.89. The zero-order valence-electron chi connectivity index (χ0n) is 11.0. The highest BCUT2D eigenvalue weighted by molar-refractivity contribution is 5.29. The number of nitrogens with zero attached hydrogens (tertiary/aromatic N) is 2. The Morgan fingerprint density at radius 1 is 1.32 bits per heavy atom. The lowest BCUT2D eigenvalue weighted by Gasteiger charge is -2.12. The van der Waals surface area contributed by atoms with Gasteiger partial charge in [-0.15, -0.1) is 0 Å². The molecular weight excluding hydrogens is 248 g/mol. The van der Waals surface area contributed by atoms with Gasteiger partial charge in [-0.1, -0.05) is 19.9 Å². The van der Waals surface area contributed by atoms with Crippen LogP contribution in [0.4, 0.5) is 14.7 Å². The molecule has 0 saturated heterocycles. The van der Waals surface area contributed by atoms with E-state index in [9.17, 15) is 8.78 Å². The minimum Gasteiger partial charge on any atom is -0.351 e. The summed E-state index contributed by atoms with van der Waals surface area (Å²) in [5.74, 6) is 0.0757. The maximum atomic E-state index is 13.5. The van der Waals surface area contributed by atoms with Crippen LogP contribution in [0.5, 0.6) is 0 Å². The fraction of sp³-hybridized carbons (Fsp3) is 0.357. The standard InChI is InChI=1S/C14H17F2N3/c1-10(2)9-19-6-5-17-14(19)18-8-11-3-4-12(15)7-13(11)16/h3-7,10H,8-9H2,1-2H3,(H,17,18). The van der Waals surface area contributed by atoms with Gasteiger partial charge in [0.25, 0.3) is 0 Å². The molecule has 0 atom stereocenters. The van der Waals surface area contributed by atoms with Crippen LogP contribution in [0.1, 0.15) is 19.4 Å². The second kappa shape index (κ2) is 5.82. The Bertz CT molecular complexity index is 549. The van der Waals surface area contributed by atoms with Gasteiger partial charge >= 0.3 is 0 Å². The van der Waals surface area contributed by atoms with E-state index in [0.29, 0.717) is 17.4 Å². The average molecular weight is 265 g/mol. The van der Waals surface area contributed by atoms with Gasteiger partial charge in [-0.05, 0) is 12.0 Å². The van der Waals surface area contributed by atoms with Gasteiger partial charge in [0.1, 0.15) is 11.6 Å². The van der Waals surface area contributed by atoms with Crippen LogP contribution in [0, 0.1) is 17.6 Å². The van der Waals surface area contributed by atoms with E-state index >= 15 is 0 Å². The molecule has 0 aliphatic carbocycles. The summed E-state index contributed by atoms with van der Waals surface area (Å²) < 4.78 is 28.3. The van der Waals surface area contributed by atoms with Crippen LogP contribution < -0.4 is 5.32 Å². The molecule has 0 unspecified atom stereocenters. The summed E-state index contributed by atoms with van der Waals surface area (Å²) in [7, 11) is 0. The molecule has 0 bridgehead atoms. The van der Waals surface area contributed by atoms with Crippen LogP contribution in [0.3, 0.4) is 0 Å². The van der Waals surface area contributed by atoms with Crippen molar-refractivity contribution in [2.75, 3.05) is 5.32 Å². The molecule has 0 fully saturated rings. The summed E-state index contributed by atoms with van der Waals surface area (Å²) in [5, 5.41) is 3.06. The second-order valence-electron chi connectivity index (χ2n) is 4.89. The van der Waals surface area contributed by atoms with Gasteiger partial charge in [0, 0.05) is 37.1 Å². The highest BCUT2D eigenvalue weighted by Crippen LogP contribution is 2.13. The van der Waals surface area contributed by atoms with E-state index in [4.69, 9.17) is 0 Å². The quantitative estimate of drug-likeness (QED) is 0.897. The first kappa shape index (κ1) is 13.5. The van der Waals surface area contributed by atoms with Crippen LogP contribution in [-0.2, 0) is 13.1 Å². The molecule has 5 heteroatoms. The summed E-state index contributed by atoms with van der Waals surface area (Å²) in [6.07, 6.45) is 3.58. The molecule has 102 valence electrons. The first-order valence-corrected chi connectivity index (χ1v) is 6.25. The van der Waals surface area contributed by atoms with Crippen molar-refractivity contribution in [1.82, 2.24) is 9.55 Å². The zero-order chi connectivity index (χ0) is 13.8. The highest BCUT2D eigenvalue weighted by atomic mass is 19.1. The smallest absolute Gasteiger partial charge is 0.203 e. The Labute approximate surface area is 111 Å². The lowest BCUT2D eigenvalue weighted by Crippen LogP contribution is -2.11. The van der Waals surface area contributed by atoms with Gasteiger partial charge < -0.3 is 9.88 Å². The fourth-order valence-electron chi connectivity index (χ4n) is 1.86. The van der Waals surface area contributed by atoms with E-state index < -0.39 is 11.6 Å². The topological polar surface area (TPSA) is 29.9 Å². The van der Waals surface area contributed by atoms with Crippen LogP contribution in [-0.4, -0.2) is 9.55 Å². The van der Waals surface area contributed by atoms with Crippen molar-refractivity contribution in [2.24, 2.45) is 5.92 Å². The molecule has 3 nitrogen and oxygen atoms in total. The predicted molar refractivity (Wildman–Crippen MR) is 70.7 cm³/mol. The van der Waals surface area contributed by atoms with E-state index in [-0.39, 0.29) is 6.54 Å². The van der Waals surface area contributed by atoms with Gasteiger partial charge in [0.05, 0.1) is 0 Å². The minimum atomic E-state index is -0.567. The van der Waals surface area contributed by atoms with Crippen molar-refractivity contribution in [3.63, 3.8) is 0 Å². The molecule has 1 aromatic carbocycles. The minimum absolute atomic E-state index is 0.279. The molecule has 2 rings (SSSR count). The van der Waals surface area contributed by atoms with Crippen molar-refractivity contribution in [3.8, 4) is 0 Å². The monoisotopic (exact) mass is 265 g/mol. The number of hydrogen-bond donors (Lipinski definition) is 1. The third-order valence-corrected chi connectivity index (χ3v) is 2.73. The molecule has 1 heterocycles. The number of rotatable bonds is 5.